The molecule has 0 bridgehead atoms. The van der Waals surface area contributed by atoms with Crippen molar-refractivity contribution in [3.63, 3.8) is 0 Å². The molecule has 0 radical (unpaired) electrons. The average Bonchev–Trinajstić information content (AvgIpc) is 3.66. The number of hydrogen-bond donors (Lipinski definition) is 0. The molecule has 0 spiro atoms. The predicted octanol–water partition coefficient (Wildman–Crippen LogP) is 1.57. The van der Waals surface area contributed by atoms with E-state index in [-0.39, 0.29) is 30.5 Å². The Bertz CT molecular complexity index is 1440. The Morgan fingerprint density at radius 1 is 1.15 bits per heavy atom. The zero-order valence-corrected chi connectivity index (χ0v) is 22.3. The molecule has 41 heavy (non-hydrogen) atoms. The first kappa shape index (κ1) is 27.5. The number of aromatic nitrogens is 4. The molecule has 0 unspecified atom stereocenters. The molecule has 5 rings (SSSR count). The monoisotopic (exact) mass is 566 g/mol. The summed E-state index contributed by atoms with van der Waals surface area (Å²) in [7, 11) is 1.53. The van der Waals surface area contributed by atoms with Gasteiger partial charge in [0.1, 0.15) is 12.1 Å². The second-order valence-electron chi connectivity index (χ2n) is 9.41. The second kappa shape index (κ2) is 11.6. The first-order valence-corrected chi connectivity index (χ1v) is 12.7. The van der Waals surface area contributed by atoms with Crippen molar-refractivity contribution < 1.29 is 33.0 Å². The molecule has 2 aliphatic rings. The third kappa shape index (κ3) is 5.92. The SMILES string of the molecule is CC(=O)N(C)[C@@H]1CN(c2ccc(-c3cnc(N4CCN(C(=O)COC(=O)n5ccnc5)CC4)nc3)c(F)c2)C(=O)O1. The largest absolute Gasteiger partial charge is 0.439 e. The Hall–Kier alpha value is -5.08. The number of hydrogen-bond acceptors (Lipinski definition) is 10. The van der Waals surface area contributed by atoms with Crippen LogP contribution in [0.2, 0.25) is 0 Å². The minimum Gasteiger partial charge on any atom is -0.439 e. The summed E-state index contributed by atoms with van der Waals surface area (Å²) in [5.41, 5.74) is 1.01. The summed E-state index contributed by atoms with van der Waals surface area (Å²) >= 11 is 0. The van der Waals surface area contributed by atoms with E-state index in [2.05, 4.69) is 15.0 Å². The Kier molecular flexibility index (Phi) is 7.76. The first-order chi connectivity index (χ1) is 19.7. The van der Waals surface area contributed by atoms with Gasteiger partial charge in [-0.3, -0.25) is 14.5 Å². The molecule has 0 N–H and O–H groups in total. The maximum Gasteiger partial charge on any atom is 0.419 e. The minimum absolute atomic E-state index is 0.0844. The van der Waals surface area contributed by atoms with Gasteiger partial charge in [0.05, 0.1) is 12.2 Å². The Morgan fingerprint density at radius 2 is 1.88 bits per heavy atom. The quantitative estimate of drug-likeness (QED) is 0.431. The van der Waals surface area contributed by atoms with Crippen molar-refractivity contribution in [2.75, 3.05) is 56.2 Å². The van der Waals surface area contributed by atoms with Gasteiger partial charge in [-0.2, -0.15) is 0 Å². The van der Waals surface area contributed by atoms with Crippen LogP contribution in [0, 0.1) is 5.82 Å². The molecule has 4 heterocycles. The number of nitrogens with zero attached hydrogens (tertiary/aromatic N) is 8. The van der Waals surface area contributed by atoms with E-state index < -0.39 is 24.2 Å². The molecule has 3 aromatic rings. The van der Waals surface area contributed by atoms with Crippen molar-refractivity contribution in [2.45, 2.75) is 13.2 Å². The van der Waals surface area contributed by atoms with E-state index in [1.165, 1.54) is 67.0 Å². The molecule has 3 amide bonds. The zero-order valence-electron chi connectivity index (χ0n) is 22.3. The standard InChI is InChI=1S/C26H27FN8O6/c1-17(36)31(2)23-14-35(26(39)41-23)19-3-4-20(21(27)11-19)18-12-29-24(30-13-18)33-9-7-32(8-10-33)22(37)15-40-25(38)34-6-5-28-16-34/h3-6,11-13,16,23H,7-10,14-15H2,1-2H3/t23-/m0/s1. The van der Waals surface area contributed by atoms with E-state index >= 15 is 4.39 Å². The van der Waals surface area contributed by atoms with E-state index in [0.29, 0.717) is 43.4 Å². The van der Waals surface area contributed by atoms with Crippen LogP contribution in [0.15, 0.2) is 49.3 Å². The highest BCUT2D eigenvalue weighted by Crippen LogP contribution is 2.29. The molecule has 14 nitrogen and oxygen atoms in total. The molecule has 1 atom stereocenters. The third-order valence-electron chi connectivity index (χ3n) is 6.89. The number of imidazole rings is 1. The van der Waals surface area contributed by atoms with Crippen molar-refractivity contribution >= 4 is 35.6 Å². The highest BCUT2D eigenvalue weighted by atomic mass is 19.1. The van der Waals surface area contributed by atoms with Gasteiger partial charge in [-0.15, -0.1) is 0 Å². The highest BCUT2D eigenvalue weighted by molar-refractivity contribution is 5.90. The molecule has 0 aliphatic carbocycles. The van der Waals surface area contributed by atoms with Gasteiger partial charge < -0.3 is 24.2 Å². The van der Waals surface area contributed by atoms with Crippen molar-refractivity contribution in [3.05, 3.63) is 55.1 Å². The Balaban J connectivity index is 1.16. The Morgan fingerprint density at radius 3 is 2.51 bits per heavy atom. The smallest absolute Gasteiger partial charge is 0.419 e. The van der Waals surface area contributed by atoms with Gasteiger partial charge in [0, 0.05) is 76.1 Å². The van der Waals surface area contributed by atoms with Crippen LogP contribution in [-0.4, -0.2) is 106 Å². The van der Waals surface area contributed by atoms with Crippen LogP contribution in [0.5, 0.6) is 0 Å². The number of piperazine rings is 1. The summed E-state index contributed by atoms with van der Waals surface area (Å²) in [6, 6.07) is 4.35. The maximum atomic E-state index is 15.1. The van der Waals surface area contributed by atoms with Crippen LogP contribution in [0.3, 0.4) is 0 Å². The number of rotatable bonds is 6. The summed E-state index contributed by atoms with van der Waals surface area (Å²) in [5, 5.41) is 0. The number of amides is 3. The summed E-state index contributed by atoms with van der Waals surface area (Å²) in [4.78, 5) is 66.8. The molecule has 2 aliphatic heterocycles. The van der Waals surface area contributed by atoms with Crippen LogP contribution in [0.25, 0.3) is 11.1 Å². The highest BCUT2D eigenvalue weighted by Gasteiger charge is 2.36. The maximum absolute atomic E-state index is 15.1. The number of cyclic esters (lactones) is 1. The van der Waals surface area contributed by atoms with Gasteiger partial charge in [-0.1, -0.05) is 0 Å². The number of halogens is 1. The van der Waals surface area contributed by atoms with Gasteiger partial charge in [0.2, 0.25) is 11.9 Å². The van der Waals surface area contributed by atoms with Crippen molar-refractivity contribution in [3.8, 4) is 11.1 Å². The van der Waals surface area contributed by atoms with E-state index in [1.807, 2.05) is 4.90 Å². The number of likely N-dealkylation sites (N-methyl/N-ethyl adjacent to an activating group) is 1. The minimum atomic E-state index is -0.755. The van der Waals surface area contributed by atoms with Crippen molar-refractivity contribution in [1.82, 2.24) is 29.3 Å². The van der Waals surface area contributed by atoms with Crippen molar-refractivity contribution in [2.24, 2.45) is 0 Å². The van der Waals surface area contributed by atoms with Gasteiger partial charge in [-0.05, 0) is 18.2 Å². The molecular formula is C26H27FN8O6. The molecule has 15 heteroatoms. The lowest BCUT2D eigenvalue weighted by Crippen LogP contribution is -2.50. The fourth-order valence-corrected chi connectivity index (χ4v) is 4.41. The molecule has 1 aromatic carbocycles. The normalized spacial score (nSPS) is 16.9. The lowest BCUT2D eigenvalue weighted by Gasteiger charge is -2.34. The number of carbonyl (C=O) groups excluding carboxylic acids is 4. The summed E-state index contributed by atoms with van der Waals surface area (Å²) in [6.07, 6.45) is 5.07. The summed E-state index contributed by atoms with van der Waals surface area (Å²) in [6.45, 7) is 2.80. The number of carbonyl (C=O) groups is 4. The second-order valence-corrected chi connectivity index (χ2v) is 9.41. The van der Waals surface area contributed by atoms with Gasteiger partial charge in [-0.25, -0.2) is 33.5 Å². The van der Waals surface area contributed by atoms with E-state index in [9.17, 15) is 19.2 Å². The van der Waals surface area contributed by atoms with Crippen molar-refractivity contribution in [1.29, 1.82) is 0 Å². The van der Waals surface area contributed by atoms with Crippen LogP contribution in [0.1, 0.15) is 6.92 Å². The lowest BCUT2D eigenvalue weighted by molar-refractivity contribution is -0.135. The van der Waals surface area contributed by atoms with Crippen LogP contribution in [0.4, 0.5) is 25.6 Å². The molecular weight excluding hydrogens is 539 g/mol. The van der Waals surface area contributed by atoms with E-state index in [0.717, 1.165) is 4.57 Å². The van der Waals surface area contributed by atoms with Gasteiger partial charge in [0.25, 0.3) is 5.91 Å². The number of ether oxygens (including phenoxy) is 2. The van der Waals surface area contributed by atoms with Crippen LogP contribution in [-0.2, 0) is 19.1 Å². The zero-order chi connectivity index (χ0) is 29.1. The third-order valence-corrected chi connectivity index (χ3v) is 6.89. The molecule has 2 saturated heterocycles. The van der Waals surface area contributed by atoms with Crippen LogP contribution >= 0.6 is 0 Å². The first-order valence-electron chi connectivity index (χ1n) is 12.7. The Labute approximate surface area is 233 Å². The average molecular weight is 567 g/mol. The van der Waals surface area contributed by atoms with Gasteiger partial charge in [0.15, 0.2) is 12.8 Å². The number of benzene rings is 1. The predicted molar refractivity (Wildman–Crippen MR) is 141 cm³/mol. The number of anilines is 2. The lowest BCUT2D eigenvalue weighted by atomic mass is 10.1. The van der Waals surface area contributed by atoms with Gasteiger partial charge >= 0.3 is 12.2 Å². The summed E-state index contributed by atoms with van der Waals surface area (Å²) < 4.78 is 26.5. The topological polar surface area (TPSA) is 143 Å². The fraction of sp³-hybridized carbons (Fsp3) is 0.346. The van der Waals surface area contributed by atoms with E-state index in [4.69, 9.17) is 9.47 Å². The van der Waals surface area contributed by atoms with Crippen LogP contribution < -0.4 is 9.80 Å². The summed E-state index contributed by atoms with van der Waals surface area (Å²) in [5.74, 6) is -0.701. The fourth-order valence-electron chi connectivity index (χ4n) is 4.41. The van der Waals surface area contributed by atoms with E-state index in [1.54, 1.807) is 11.0 Å². The molecule has 2 fully saturated rings. The molecule has 0 saturated carbocycles. The molecule has 2 aromatic heterocycles. The molecule has 214 valence electrons.